The molecule has 0 unspecified atom stereocenters. The summed E-state index contributed by atoms with van der Waals surface area (Å²) in [7, 11) is 0. The highest BCUT2D eigenvalue weighted by molar-refractivity contribution is 7.80. The molecule has 14 heavy (non-hydrogen) atoms. The van der Waals surface area contributed by atoms with Gasteiger partial charge >= 0.3 is 0 Å². The Labute approximate surface area is 88.9 Å². The standard InChI is InChI=1S/C9H15N3OS/c1-2-3-10-8(6-13)4-7-5-11-9(14)12-7/h5-6,8,10H,2-4H2,1H3,(H2,11,12,14)/t8-/m0/s1. The van der Waals surface area contributed by atoms with E-state index in [1.807, 2.05) is 0 Å². The summed E-state index contributed by atoms with van der Waals surface area (Å²) < 4.78 is 0. The number of nitrogens with one attached hydrogen (secondary N) is 2. The van der Waals surface area contributed by atoms with Gasteiger partial charge in [0.25, 0.3) is 0 Å². The van der Waals surface area contributed by atoms with E-state index in [0.29, 0.717) is 11.6 Å². The number of aromatic amines is 1. The van der Waals surface area contributed by atoms with E-state index in [-0.39, 0.29) is 6.04 Å². The Kier molecular flexibility index (Phi) is 4.69. The third kappa shape index (κ3) is 3.51. The van der Waals surface area contributed by atoms with Crippen LogP contribution in [0.4, 0.5) is 0 Å². The van der Waals surface area contributed by atoms with Crippen LogP contribution in [-0.2, 0) is 11.2 Å². The highest BCUT2D eigenvalue weighted by Gasteiger charge is 2.08. The third-order valence-corrected chi connectivity index (χ3v) is 2.10. The highest BCUT2D eigenvalue weighted by Crippen LogP contribution is 2.03. The van der Waals surface area contributed by atoms with E-state index in [0.717, 1.165) is 24.9 Å². The summed E-state index contributed by atoms with van der Waals surface area (Å²) >= 11 is 4.05. The predicted molar refractivity (Wildman–Crippen MR) is 57.7 cm³/mol. The summed E-state index contributed by atoms with van der Waals surface area (Å²) in [6, 6.07) is -0.136. The monoisotopic (exact) mass is 213 g/mol. The Morgan fingerprint density at radius 3 is 3.07 bits per heavy atom. The number of hydrogen-bond donors (Lipinski definition) is 3. The van der Waals surface area contributed by atoms with Crippen LogP contribution in [0.1, 0.15) is 19.0 Å². The molecule has 4 nitrogen and oxygen atoms in total. The number of hydrogen-bond acceptors (Lipinski definition) is 4. The van der Waals surface area contributed by atoms with Crippen molar-refractivity contribution < 1.29 is 4.79 Å². The van der Waals surface area contributed by atoms with Gasteiger partial charge in [-0.1, -0.05) is 6.92 Å². The number of thiol groups is 1. The minimum atomic E-state index is -0.136. The first-order valence-electron chi connectivity index (χ1n) is 4.67. The van der Waals surface area contributed by atoms with Crippen LogP contribution in [0.25, 0.3) is 0 Å². The molecule has 1 aromatic rings. The van der Waals surface area contributed by atoms with Gasteiger partial charge in [-0.25, -0.2) is 4.98 Å². The molecule has 1 atom stereocenters. The molecule has 0 saturated heterocycles. The van der Waals surface area contributed by atoms with Crippen LogP contribution in [0.5, 0.6) is 0 Å². The molecular formula is C9H15N3OS. The van der Waals surface area contributed by atoms with Crippen LogP contribution in [0, 0.1) is 0 Å². The molecule has 0 aliphatic carbocycles. The quantitative estimate of drug-likeness (QED) is 0.484. The molecule has 1 rings (SSSR count). The minimum absolute atomic E-state index is 0.136. The van der Waals surface area contributed by atoms with Gasteiger partial charge in [0.1, 0.15) is 6.29 Å². The molecule has 0 saturated carbocycles. The summed E-state index contributed by atoms with van der Waals surface area (Å²) in [5.74, 6) is 0. The minimum Gasteiger partial charge on any atom is -0.337 e. The zero-order valence-corrected chi connectivity index (χ0v) is 9.05. The normalized spacial score (nSPS) is 12.7. The van der Waals surface area contributed by atoms with Crippen LogP contribution < -0.4 is 5.32 Å². The Morgan fingerprint density at radius 2 is 2.57 bits per heavy atom. The maximum atomic E-state index is 10.7. The summed E-state index contributed by atoms with van der Waals surface area (Å²) in [4.78, 5) is 17.6. The van der Waals surface area contributed by atoms with Gasteiger partial charge < -0.3 is 15.1 Å². The zero-order valence-electron chi connectivity index (χ0n) is 8.16. The summed E-state index contributed by atoms with van der Waals surface area (Å²) in [5.41, 5.74) is 0.927. The highest BCUT2D eigenvalue weighted by atomic mass is 32.1. The fraction of sp³-hybridized carbons (Fsp3) is 0.556. The van der Waals surface area contributed by atoms with Crippen molar-refractivity contribution in [2.75, 3.05) is 6.54 Å². The fourth-order valence-corrected chi connectivity index (χ4v) is 1.39. The first-order chi connectivity index (χ1) is 6.76. The van der Waals surface area contributed by atoms with E-state index < -0.39 is 0 Å². The fourth-order valence-electron chi connectivity index (χ4n) is 1.19. The molecule has 0 spiro atoms. The van der Waals surface area contributed by atoms with Crippen molar-refractivity contribution in [1.82, 2.24) is 15.3 Å². The number of H-pyrrole nitrogens is 1. The predicted octanol–water partition coefficient (Wildman–Crippen LogP) is 0.808. The summed E-state index contributed by atoms with van der Waals surface area (Å²) in [5, 5.41) is 3.72. The molecule has 0 bridgehead atoms. The lowest BCUT2D eigenvalue weighted by atomic mass is 10.2. The molecule has 1 aromatic heterocycles. The van der Waals surface area contributed by atoms with Gasteiger partial charge in [0.15, 0.2) is 5.16 Å². The molecule has 0 amide bonds. The van der Waals surface area contributed by atoms with Gasteiger partial charge in [-0.05, 0) is 13.0 Å². The van der Waals surface area contributed by atoms with E-state index in [1.54, 1.807) is 6.20 Å². The number of rotatable bonds is 6. The molecule has 0 aromatic carbocycles. The Morgan fingerprint density at radius 1 is 1.79 bits per heavy atom. The van der Waals surface area contributed by atoms with Crippen LogP contribution in [0.15, 0.2) is 11.4 Å². The molecule has 78 valence electrons. The maximum absolute atomic E-state index is 10.7. The smallest absolute Gasteiger partial charge is 0.162 e. The van der Waals surface area contributed by atoms with E-state index in [1.165, 1.54) is 0 Å². The van der Waals surface area contributed by atoms with Crippen molar-refractivity contribution in [3.8, 4) is 0 Å². The van der Waals surface area contributed by atoms with Crippen LogP contribution in [-0.4, -0.2) is 28.8 Å². The number of nitrogens with zero attached hydrogens (tertiary/aromatic N) is 1. The lowest BCUT2D eigenvalue weighted by Crippen LogP contribution is -2.33. The first kappa shape index (κ1) is 11.3. The average Bonchev–Trinajstić information content (AvgIpc) is 2.58. The van der Waals surface area contributed by atoms with E-state index in [9.17, 15) is 4.79 Å². The molecule has 1 heterocycles. The SMILES string of the molecule is CCCN[C@H](C=O)Cc1cnc(S)[nH]1. The van der Waals surface area contributed by atoms with Gasteiger partial charge in [0, 0.05) is 18.3 Å². The van der Waals surface area contributed by atoms with Crippen molar-refractivity contribution in [2.24, 2.45) is 0 Å². The van der Waals surface area contributed by atoms with Crippen LogP contribution >= 0.6 is 12.6 Å². The van der Waals surface area contributed by atoms with Gasteiger partial charge in [-0.3, -0.25) is 0 Å². The number of imidazole rings is 1. The van der Waals surface area contributed by atoms with Crippen molar-refractivity contribution in [1.29, 1.82) is 0 Å². The van der Waals surface area contributed by atoms with Crippen LogP contribution in [0.3, 0.4) is 0 Å². The third-order valence-electron chi connectivity index (χ3n) is 1.88. The van der Waals surface area contributed by atoms with E-state index in [4.69, 9.17) is 0 Å². The topological polar surface area (TPSA) is 57.8 Å². The van der Waals surface area contributed by atoms with E-state index in [2.05, 4.69) is 34.8 Å². The second-order valence-electron chi connectivity index (χ2n) is 3.13. The summed E-state index contributed by atoms with van der Waals surface area (Å²) in [6.45, 7) is 2.92. The molecule has 0 fully saturated rings. The summed E-state index contributed by atoms with van der Waals surface area (Å²) in [6.07, 6.45) is 4.28. The maximum Gasteiger partial charge on any atom is 0.162 e. The lowest BCUT2D eigenvalue weighted by molar-refractivity contribution is -0.109. The largest absolute Gasteiger partial charge is 0.337 e. The van der Waals surface area contributed by atoms with Crippen molar-refractivity contribution >= 4 is 18.9 Å². The van der Waals surface area contributed by atoms with Gasteiger partial charge in [0.05, 0.1) is 6.04 Å². The average molecular weight is 213 g/mol. The lowest BCUT2D eigenvalue weighted by Gasteiger charge is -2.09. The Bertz CT molecular complexity index is 287. The van der Waals surface area contributed by atoms with Gasteiger partial charge in [0.2, 0.25) is 0 Å². The number of carbonyl (C=O) groups is 1. The molecule has 2 N–H and O–H groups in total. The Hall–Kier alpha value is -0.810. The van der Waals surface area contributed by atoms with Crippen LogP contribution in [0.2, 0.25) is 0 Å². The Balaban J connectivity index is 2.43. The van der Waals surface area contributed by atoms with Crippen molar-refractivity contribution in [3.05, 3.63) is 11.9 Å². The second-order valence-corrected chi connectivity index (χ2v) is 3.56. The molecular weight excluding hydrogens is 198 g/mol. The van der Waals surface area contributed by atoms with Crippen molar-refractivity contribution in [3.63, 3.8) is 0 Å². The number of aromatic nitrogens is 2. The van der Waals surface area contributed by atoms with Crippen molar-refractivity contribution in [2.45, 2.75) is 31.0 Å². The first-order valence-corrected chi connectivity index (χ1v) is 5.12. The molecule has 0 aliphatic heterocycles. The van der Waals surface area contributed by atoms with Gasteiger partial charge in [-0.2, -0.15) is 0 Å². The molecule has 0 aliphatic rings. The zero-order chi connectivity index (χ0) is 10.4. The van der Waals surface area contributed by atoms with Gasteiger partial charge in [-0.15, -0.1) is 12.6 Å². The second kappa shape index (κ2) is 5.82. The molecule has 0 radical (unpaired) electrons. The van der Waals surface area contributed by atoms with E-state index >= 15 is 0 Å². The number of carbonyl (C=O) groups excluding carboxylic acids is 1. The molecule has 5 heteroatoms. The number of aldehydes is 1.